The normalized spacial score (nSPS) is 20.9. The number of hydrogen-bond donors (Lipinski definition) is 2. The zero-order chi connectivity index (χ0) is 9.97. The number of aliphatic hydroxyl groups is 1. The lowest BCUT2D eigenvalue weighted by atomic mass is 9.87. The van der Waals surface area contributed by atoms with Crippen LogP contribution in [-0.4, -0.2) is 15.1 Å². The lowest BCUT2D eigenvalue weighted by Gasteiger charge is -2.20. The van der Waals surface area contributed by atoms with Crippen molar-refractivity contribution in [2.24, 2.45) is 5.92 Å². The predicted molar refractivity (Wildman–Crippen MR) is 54.9 cm³/mol. The van der Waals surface area contributed by atoms with Crippen LogP contribution in [0.2, 0.25) is 0 Å². The van der Waals surface area contributed by atoms with Crippen molar-refractivity contribution in [3.05, 3.63) is 17.2 Å². The highest BCUT2D eigenvalue weighted by Gasteiger charge is 2.20. The molecule has 0 aliphatic heterocycles. The lowest BCUT2D eigenvalue weighted by Crippen LogP contribution is -2.13. The van der Waals surface area contributed by atoms with Crippen LogP contribution >= 0.6 is 0 Å². The van der Waals surface area contributed by atoms with Crippen LogP contribution in [0.15, 0.2) is 0 Å². The number of nitrogens with one attached hydrogen (secondary N) is 1. The summed E-state index contributed by atoms with van der Waals surface area (Å²) in [6.45, 7) is 2.27. The average molecular weight is 194 g/mol. The van der Waals surface area contributed by atoms with E-state index in [1.165, 1.54) is 30.7 Å². The number of fused-ring (bicyclic) bond motifs is 1. The Morgan fingerprint density at radius 3 is 3.14 bits per heavy atom. The summed E-state index contributed by atoms with van der Waals surface area (Å²) in [6.07, 6.45) is 6.04. The zero-order valence-electron chi connectivity index (χ0n) is 8.71. The van der Waals surface area contributed by atoms with E-state index in [1.807, 2.05) is 0 Å². The van der Waals surface area contributed by atoms with Gasteiger partial charge in [-0.15, -0.1) is 0 Å². The summed E-state index contributed by atoms with van der Waals surface area (Å²) in [4.78, 5) is 7.57. The summed E-state index contributed by atoms with van der Waals surface area (Å²) in [6, 6.07) is 0. The van der Waals surface area contributed by atoms with Crippen molar-refractivity contribution >= 4 is 0 Å². The molecule has 0 amide bonds. The van der Waals surface area contributed by atoms with E-state index in [4.69, 9.17) is 5.11 Å². The molecular weight excluding hydrogens is 176 g/mol. The first-order valence-corrected chi connectivity index (χ1v) is 5.51. The maximum Gasteiger partial charge on any atom is 0.132 e. The topological polar surface area (TPSA) is 48.9 Å². The van der Waals surface area contributed by atoms with Crippen molar-refractivity contribution < 1.29 is 5.11 Å². The molecule has 0 radical (unpaired) electrons. The Labute approximate surface area is 84.6 Å². The molecule has 0 fully saturated rings. The van der Waals surface area contributed by atoms with Crippen LogP contribution in [0.5, 0.6) is 0 Å². The Bertz CT molecular complexity index is 306. The predicted octanol–water partition coefficient (Wildman–Crippen LogP) is 1.81. The van der Waals surface area contributed by atoms with Crippen molar-refractivity contribution in [1.82, 2.24) is 9.97 Å². The third kappa shape index (κ3) is 1.82. The molecule has 0 saturated heterocycles. The van der Waals surface area contributed by atoms with E-state index in [0.717, 1.165) is 24.6 Å². The van der Waals surface area contributed by atoms with Crippen molar-refractivity contribution in [2.75, 3.05) is 0 Å². The Balaban J connectivity index is 2.09. The minimum Gasteiger partial charge on any atom is -0.388 e. The monoisotopic (exact) mass is 194 g/mol. The number of hydrogen-bond acceptors (Lipinski definition) is 2. The van der Waals surface area contributed by atoms with Crippen molar-refractivity contribution in [2.45, 2.75) is 45.6 Å². The molecule has 0 bridgehead atoms. The van der Waals surface area contributed by atoms with Gasteiger partial charge in [0.05, 0.1) is 5.69 Å². The summed E-state index contributed by atoms with van der Waals surface area (Å²) < 4.78 is 0. The third-order valence-electron chi connectivity index (χ3n) is 3.04. The summed E-state index contributed by atoms with van der Waals surface area (Å²) in [5, 5.41) is 8.96. The van der Waals surface area contributed by atoms with Crippen LogP contribution in [0.4, 0.5) is 0 Å². The quantitative estimate of drug-likeness (QED) is 0.771. The summed E-state index contributed by atoms with van der Waals surface area (Å²) in [5.74, 6) is 1.55. The van der Waals surface area contributed by atoms with E-state index in [9.17, 15) is 0 Å². The molecule has 1 atom stereocenters. The molecule has 1 aliphatic carbocycles. The molecule has 1 unspecified atom stereocenters. The fourth-order valence-electron chi connectivity index (χ4n) is 2.34. The fraction of sp³-hybridized carbons (Fsp3) is 0.727. The minimum absolute atomic E-state index is 0.0332. The van der Waals surface area contributed by atoms with E-state index in [-0.39, 0.29) is 6.61 Å². The molecule has 2 rings (SSSR count). The van der Waals surface area contributed by atoms with Gasteiger partial charge in [-0.2, -0.15) is 0 Å². The van der Waals surface area contributed by atoms with Gasteiger partial charge in [-0.05, 0) is 25.2 Å². The first-order valence-electron chi connectivity index (χ1n) is 5.51. The first kappa shape index (κ1) is 9.71. The number of imidazole rings is 1. The molecule has 3 nitrogen and oxygen atoms in total. The Morgan fingerprint density at radius 2 is 2.43 bits per heavy atom. The average Bonchev–Trinajstić information content (AvgIpc) is 2.60. The fourth-order valence-corrected chi connectivity index (χ4v) is 2.34. The molecule has 2 N–H and O–H groups in total. The van der Waals surface area contributed by atoms with Gasteiger partial charge in [0.15, 0.2) is 0 Å². The van der Waals surface area contributed by atoms with E-state index in [0.29, 0.717) is 0 Å². The SMILES string of the molecule is CCCC1CCc2nc(CO)[nH]c2C1. The molecule has 1 heterocycles. The first-order chi connectivity index (χ1) is 6.83. The van der Waals surface area contributed by atoms with Gasteiger partial charge in [-0.25, -0.2) is 4.98 Å². The number of rotatable bonds is 3. The van der Waals surface area contributed by atoms with Crippen LogP contribution in [0.3, 0.4) is 0 Å². The van der Waals surface area contributed by atoms with Crippen LogP contribution in [0.1, 0.15) is 43.4 Å². The molecule has 0 spiro atoms. The second-order valence-electron chi connectivity index (χ2n) is 4.16. The van der Waals surface area contributed by atoms with Gasteiger partial charge in [0.2, 0.25) is 0 Å². The van der Waals surface area contributed by atoms with E-state index in [1.54, 1.807) is 0 Å². The highest BCUT2D eigenvalue weighted by molar-refractivity contribution is 5.18. The number of aliphatic hydroxyl groups excluding tert-OH is 1. The number of H-pyrrole nitrogens is 1. The molecule has 78 valence electrons. The van der Waals surface area contributed by atoms with Crippen LogP contribution in [0.25, 0.3) is 0 Å². The van der Waals surface area contributed by atoms with Gasteiger partial charge in [-0.1, -0.05) is 19.8 Å². The smallest absolute Gasteiger partial charge is 0.132 e. The Morgan fingerprint density at radius 1 is 1.57 bits per heavy atom. The summed E-state index contributed by atoms with van der Waals surface area (Å²) in [7, 11) is 0. The molecule has 0 aromatic carbocycles. The van der Waals surface area contributed by atoms with Crippen molar-refractivity contribution in [1.29, 1.82) is 0 Å². The summed E-state index contributed by atoms with van der Waals surface area (Å²) >= 11 is 0. The second-order valence-corrected chi connectivity index (χ2v) is 4.16. The number of nitrogens with zero attached hydrogens (tertiary/aromatic N) is 1. The Hall–Kier alpha value is -0.830. The van der Waals surface area contributed by atoms with E-state index < -0.39 is 0 Å². The van der Waals surface area contributed by atoms with Gasteiger partial charge in [0, 0.05) is 5.69 Å². The minimum atomic E-state index is 0.0332. The highest BCUT2D eigenvalue weighted by atomic mass is 16.3. The zero-order valence-corrected chi connectivity index (χ0v) is 8.71. The molecule has 1 aromatic rings. The molecule has 1 aliphatic rings. The maximum absolute atomic E-state index is 8.96. The Kier molecular flexibility index (Phi) is 2.87. The highest BCUT2D eigenvalue weighted by Crippen LogP contribution is 2.26. The molecule has 14 heavy (non-hydrogen) atoms. The van der Waals surface area contributed by atoms with Gasteiger partial charge in [0.25, 0.3) is 0 Å². The third-order valence-corrected chi connectivity index (χ3v) is 3.04. The van der Waals surface area contributed by atoms with Gasteiger partial charge < -0.3 is 10.1 Å². The van der Waals surface area contributed by atoms with E-state index in [2.05, 4.69) is 16.9 Å². The number of aromatic nitrogens is 2. The van der Waals surface area contributed by atoms with Gasteiger partial charge in [-0.3, -0.25) is 0 Å². The van der Waals surface area contributed by atoms with Crippen molar-refractivity contribution in [3.8, 4) is 0 Å². The molecule has 0 saturated carbocycles. The molecular formula is C11H18N2O. The molecule has 1 aromatic heterocycles. The number of aromatic amines is 1. The van der Waals surface area contributed by atoms with Crippen molar-refractivity contribution in [3.63, 3.8) is 0 Å². The lowest BCUT2D eigenvalue weighted by molar-refractivity contribution is 0.272. The van der Waals surface area contributed by atoms with Gasteiger partial charge in [0.1, 0.15) is 12.4 Å². The maximum atomic E-state index is 8.96. The standard InChI is InChI=1S/C11H18N2O/c1-2-3-8-4-5-9-10(6-8)13-11(7-14)12-9/h8,14H,2-7H2,1H3,(H,12,13). The summed E-state index contributed by atoms with van der Waals surface area (Å²) in [5.41, 5.74) is 2.44. The number of aryl methyl sites for hydroxylation is 1. The van der Waals surface area contributed by atoms with Crippen LogP contribution in [-0.2, 0) is 19.4 Å². The van der Waals surface area contributed by atoms with Crippen LogP contribution in [0, 0.1) is 5.92 Å². The van der Waals surface area contributed by atoms with Gasteiger partial charge >= 0.3 is 0 Å². The largest absolute Gasteiger partial charge is 0.388 e. The van der Waals surface area contributed by atoms with Crippen LogP contribution < -0.4 is 0 Å². The molecule has 3 heteroatoms. The van der Waals surface area contributed by atoms with E-state index >= 15 is 0 Å². The second kappa shape index (κ2) is 4.13.